The zero-order chi connectivity index (χ0) is 23.9. The summed E-state index contributed by atoms with van der Waals surface area (Å²) in [6.45, 7) is 5.87. The summed E-state index contributed by atoms with van der Waals surface area (Å²) in [4.78, 5) is 27.1. The Bertz CT molecular complexity index is 1170. The topological polar surface area (TPSA) is 86.8 Å². The maximum atomic E-state index is 13.1. The van der Waals surface area contributed by atoms with Crippen molar-refractivity contribution >= 4 is 33.2 Å². The number of nitrogens with one attached hydrogen (secondary N) is 1. The third-order valence-electron chi connectivity index (χ3n) is 6.37. The number of fused-ring (bicyclic) bond motifs is 1. The van der Waals surface area contributed by atoms with E-state index in [1.54, 1.807) is 12.1 Å². The van der Waals surface area contributed by atoms with Gasteiger partial charge in [-0.2, -0.15) is 4.31 Å². The van der Waals surface area contributed by atoms with Crippen LogP contribution in [-0.2, 0) is 26.0 Å². The summed E-state index contributed by atoms with van der Waals surface area (Å²) in [6, 6.07) is 12.4. The normalized spacial score (nSPS) is 18.0. The van der Waals surface area contributed by atoms with Gasteiger partial charge in [-0.15, -0.1) is 0 Å². The molecule has 1 N–H and O–H groups in total. The second-order valence-electron chi connectivity index (χ2n) is 9.41. The Morgan fingerprint density at radius 3 is 2.39 bits per heavy atom. The Balaban J connectivity index is 1.45. The Morgan fingerprint density at radius 1 is 1.12 bits per heavy atom. The van der Waals surface area contributed by atoms with Crippen LogP contribution in [0.25, 0.3) is 0 Å². The number of likely N-dealkylation sites (N-methyl/N-ethyl adjacent to an activating group) is 1. The second kappa shape index (κ2) is 8.91. The van der Waals surface area contributed by atoms with E-state index in [0.29, 0.717) is 18.0 Å². The van der Waals surface area contributed by atoms with Gasteiger partial charge in [0, 0.05) is 30.4 Å². The first-order chi connectivity index (χ1) is 15.6. The maximum Gasteiger partial charge on any atom is 0.243 e. The zero-order valence-corrected chi connectivity index (χ0v) is 20.4. The van der Waals surface area contributed by atoms with Crippen molar-refractivity contribution < 1.29 is 18.0 Å². The Morgan fingerprint density at radius 2 is 1.79 bits per heavy atom. The number of hydrogen-bond donors (Lipinski definition) is 1. The number of carbonyl (C=O) groups is 2. The van der Waals surface area contributed by atoms with Gasteiger partial charge in [-0.25, -0.2) is 8.42 Å². The molecular formula is C25H31N3O4S. The molecule has 1 saturated carbocycles. The quantitative estimate of drug-likeness (QED) is 0.669. The van der Waals surface area contributed by atoms with Gasteiger partial charge in [0.25, 0.3) is 0 Å². The molecule has 7 nitrogen and oxygen atoms in total. The molecule has 0 radical (unpaired) electrons. The van der Waals surface area contributed by atoms with Crippen LogP contribution in [0.1, 0.15) is 50.7 Å². The van der Waals surface area contributed by atoms with Crippen LogP contribution < -0.4 is 10.2 Å². The molecule has 176 valence electrons. The lowest BCUT2D eigenvalue weighted by atomic mass is 10.0. The van der Waals surface area contributed by atoms with E-state index in [1.165, 1.54) is 13.1 Å². The summed E-state index contributed by atoms with van der Waals surface area (Å²) in [6.07, 6.45) is 2.48. The minimum atomic E-state index is -3.86. The molecular weight excluding hydrogens is 438 g/mol. The molecule has 1 fully saturated rings. The molecule has 2 aromatic rings. The van der Waals surface area contributed by atoms with Gasteiger partial charge >= 0.3 is 0 Å². The van der Waals surface area contributed by atoms with Gasteiger partial charge in [-0.1, -0.05) is 26.0 Å². The predicted molar refractivity (Wildman–Crippen MR) is 129 cm³/mol. The van der Waals surface area contributed by atoms with E-state index in [0.717, 1.165) is 34.0 Å². The van der Waals surface area contributed by atoms with Crippen molar-refractivity contribution in [1.29, 1.82) is 0 Å². The second-order valence-corrected chi connectivity index (χ2v) is 11.5. The van der Waals surface area contributed by atoms with Crippen LogP contribution in [0.4, 0.5) is 11.4 Å². The molecule has 2 aromatic carbocycles. The summed E-state index contributed by atoms with van der Waals surface area (Å²) in [5.41, 5.74) is 3.43. The van der Waals surface area contributed by atoms with Crippen molar-refractivity contribution in [1.82, 2.24) is 4.31 Å². The van der Waals surface area contributed by atoms with Crippen molar-refractivity contribution in [3.63, 3.8) is 0 Å². The highest BCUT2D eigenvalue weighted by Gasteiger charge is 2.40. The molecule has 4 rings (SSSR count). The van der Waals surface area contributed by atoms with Crippen LogP contribution in [-0.4, -0.2) is 44.2 Å². The van der Waals surface area contributed by atoms with Crippen LogP contribution in [0.2, 0.25) is 0 Å². The lowest BCUT2D eigenvalue weighted by molar-refractivity contribution is -0.120. The molecule has 0 saturated heterocycles. The molecule has 1 atom stereocenters. The van der Waals surface area contributed by atoms with Crippen molar-refractivity contribution in [3.8, 4) is 0 Å². The Hall–Kier alpha value is -2.71. The Labute approximate surface area is 195 Å². The van der Waals surface area contributed by atoms with Crippen LogP contribution in [0.15, 0.2) is 47.4 Å². The summed E-state index contributed by atoms with van der Waals surface area (Å²) in [5.74, 6) is 0.217. The van der Waals surface area contributed by atoms with Gasteiger partial charge in [0.05, 0.1) is 11.4 Å². The van der Waals surface area contributed by atoms with E-state index in [-0.39, 0.29) is 29.3 Å². The molecule has 2 aliphatic rings. The van der Waals surface area contributed by atoms with Crippen LogP contribution >= 0.6 is 0 Å². The first-order valence-corrected chi connectivity index (χ1v) is 12.8. The van der Waals surface area contributed by atoms with Gasteiger partial charge < -0.3 is 10.2 Å². The van der Waals surface area contributed by atoms with E-state index in [1.807, 2.05) is 36.1 Å². The van der Waals surface area contributed by atoms with Crippen molar-refractivity contribution in [2.45, 2.75) is 56.9 Å². The number of rotatable bonds is 7. The van der Waals surface area contributed by atoms with Gasteiger partial charge in [0.2, 0.25) is 21.8 Å². The standard InChI is InChI=1S/C25H31N3O4S/c1-16(2)18-7-9-21(10-8-18)26-24(29)15-27(4)33(31,32)22-11-12-23-20(14-22)13-17(3)28(23)25(30)19-5-6-19/h7-12,14,16-17,19H,5-6,13,15H2,1-4H3,(H,26,29)/t17-/m0/s1. The molecule has 33 heavy (non-hydrogen) atoms. The number of carbonyl (C=O) groups excluding carboxylic acids is 2. The highest BCUT2D eigenvalue weighted by molar-refractivity contribution is 7.89. The van der Waals surface area contributed by atoms with E-state index in [9.17, 15) is 18.0 Å². The zero-order valence-electron chi connectivity index (χ0n) is 19.5. The van der Waals surface area contributed by atoms with E-state index in [4.69, 9.17) is 0 Å². The fourth-order valence-corrected chi connectivity index (χ4v) is 5.43. The van der Waals surface area contributed by atoms with E-state index >= 15 is 0 Å². The number of sulfonamides is 1. The molecule has 0 bridgehead atoms. The lowest BCUT2D eigenvalue weighted by Gasteiger charge is -2.23. The molecule has 1 heterocycles. The molecule has 0 aromatic heterocycles. The lowest BCUT2D eigenvalue weighted by Crippen LogP contribution is -2.36. The van der Waals surface area contributed by atoms with Crippen molar-refractivity contribution in [2.24, 2.45) is 5.92 Å². The van der Waals surface area contributed by atoms with Gasteiger partial charge in [-0.05, 0) is 73.6 Å². The van der Waals surface area contributed by atoms with Crippen LogP contribution in [0, 0.1) is 5.92 Å². The highest BCUT2D eigenvalue weighted by atomic mass is 32.2. The number of anilines is 2. The van der Waals surface area contributed by atoms with Crippen molar-refractivity contribution in [2.75, 3.05) is 23.8 Å². The fraction of sp³-hybridized carbons (Fsp3) is 0.440. The fourth-order valence-electron chi connectivity index (χ4n) is 4.25. The predicted octanol–water partition coefficient (Wildman–Crippen LogP) is 3.76. The van der Waals surface area contributed by atoms with E-state index < -0.39 is 15.9 Å². The molecule has 2 amide bonds. The number of amides is 2. The average Bonchev–Trinajstić information content (AvgIpc) is 3.55. The van der Waals surface area contributed by atoms with E-state index in [2.05, 4.69) is 19.2 Å². The third kappa shape index (κ3) is 4.82. The first-order valence-electron chi connectivity index (χ1n) is 11.4. The molecule has 0 spiro atoms. The monoisotopic (exact) mass is 469 g/mol. The Kier molecular flexibility index (Phi) is 6.33. The SMILES string of the molecule is CC(C)c1ccc(NC(=O)CN(C)S(=O)(=O)c2ccc3c(c2)C[C@H](C)N3C(=O)C2CC2)cc1. The molecule has 0 unspecified atom stereocenters. The molecule has 1 aliphatic heterocycles. The maximum absolute atomic E-state index is 13.1. The van der Waals surface area contributed by atoms with Crippen LogP contribution in [0.3, 0.4) is 0 Å². The van der Waals surface area contributed by atoms with Crippen LogP contribution in [0.5, 0.6) is 0 Å². The molecule has 1 aliphatic carbocycles. The minimum Gasteiger partial charge on any atom is -0.325 e. The van der Waals surface area contributed by atoms with Crippen molar-refractivity contribution in [3.05, 3.63) is 53.6 Å². The van der Waals surface area contributed by atoms with Gasteiger partial charge in [0.15, 0.2) is 0 Å². The minimum absolute atomic E-state index is 0.0108. The summed E-state index contributed by atoms with van der Waals surface area (Å²) in [7, 11) is -2.46. The highest BCUT2D eigenvalue weighted by Crippen LogP contribution is 2.39. The number of nitrogens with zero attached hydrogens (tertiary/aromatic N) is 2. The average molecular weight is 470 g/mol. The molecule has 8 heteroatoms. The number of benzene rings is 2. The van der Waals surface area contributed by atoms with Gasteiger partial charge in [0.1, 0.15) is 0 Å². The first kappa shape index (κ1) is 23.4. The van der Waals surface area contributed by atoms with Gasteiger partial charge in [-0.3, -0.25) is 9.59 Å². The smallest absolute Gasteiger partial charge is 0.243 e. The summed E-state index contributed by atoms with van der Waals surface area (Å²) >= 11 is 0. The number of hydrogen-bond acceptors (Lipinski definition) is 4. The summed E-state index contributed by atoms with van der Waals surface area (Å²) < 4.78 is 27.3. The largest absolute Gasteiger partial charge is 0.325 e. The third-order valence-corrected chi connectivity index (χ3v) is 8.17. The summed E-state index contributed by atoms with van der Waals surface area (Å²) in [5, 5.41) is 2.76.